The van der Waals surface area contributed by atoms with Crippen molar-refractivity contribution in [2.24, 2.45) is 0 Å². The molecule has 1 rings (SSSR count). The quantitative estimate of drug-likeness (QED) is 0.522. The molecule has 1 unspecified atom stereocenters. The number of hydrogen-bond donors (Lipinski definition) is 0. The van der Waals surface area contributed by atoms with Gasteiger partial charge in [-0.05, 0) is 14.0 Å². The summed E-state index contributed by atoms with van der Waals surface area (Å²) >= 11 is 0. The van der Waals surface area contributed by atoms with Gasteiger partial charge in [-0.3, -0.25) is 9.69 Å². The van der Waals surface area contributed by atoms with Crippen LogP contribution in [0.2, 0.25) is 0 Å². The van der Waals surface area contributed by atoms with E-state index in [1.165, 1.54) is 0 Å². The smallest absolute Gasteiger partial charge is 0.236 e. The summed E-state index contributed by atoms with van der Waals surface area (Å²) in [6, 6.07) is 0.184. The lowest BCUT2D eigenvalue weighted by molar-refractivity contribution is -0.138. The minimum atomic E-state index is -0.269. The van der Waals surface area contributed by atoms with Crippen molar-refractivity contribution in [3.63, 3.8) is 0 Å². The van der Waals surface area contributed by atoms with Gasteiger partial charge in [0, 0.05) is 12.6 Å². The summed E-state index contributed by atoms with van der Waals surface area (Å²) in [5.41, 5.74) is 0. The maximum Gasteiger partial charge on any atom is 0.236 e. The molecule has 0 N–H and O–H groups in total. The Kier molecular flexibility index (Phi) is 5.20. The molecule has 0 bridgehead atoms. The zero-order valence-electron chi connectivity index (χ0n) is 10.6. The van der Waals surface area contributed by atoms with Crippen molar-refractivity contribution < 1.29 is 9.53 Å². The zero-order valence-corrected chi connectivity index (χ0v) is 10.6. The molecule has 0 aromatic rings. The minimum Gasteiger partial charge on any atom is -0.362 e. The molecule has 4 heteroatoms. The van der Waals surface area contributed by atoms with Gasteiger partial charge in [0.05, 0.1) is 19.7 Å². The second kappa shape index (κ2) is 6.43. The highest BCUT2D eigenvalue weighted by Crippen LogP contribution is 2.06. The predicted molar refractivity (Wildman–Crippen MR) is 67.4 cm³/mol. The Morgan fingerprint density at radius 1 is 1.82 bits per heavy atom. The van der Waals surface area contributed by atoms with E-state index in [9.17, 15) is 4.79 Å². The van der Waals surface area contributed by atoms with Crippen LogP contribution >= 0.6 is 0 Å². The Bertz CT molecular complexity index is 322. The Morgan fingerprint density at radius 3 is 3.12 bits per heavy atom. The second-order valence-corrected chi connectivity index (χ2v) is 4.26. The van der Waals surface area contributed by atoms with Gasteiger partial charge >= 0.3 is 0 Å². The Morgan fingerprint density at radius 2 is 2.53 bits per heavy atom. The summed E-state index contributed by atoms with van der Waals surface area (Å²) in [6.45, 7) is 7.72. The first kappa shape index (κ1) is 13.8. The van der Waals surface area contributed by atoms with Crippen molar-refractivity contribution >= 4 is 5.91 Å². The molecule has 1 amide bonds. The SMILES string of the molecule is C#C[C@@H]1CN(C(=O)CN(C)C(C)C=C)CCO1. The molecule has 17 heavy (non-hydrogen) atoms. The van der Waals surface area contributed by atoms with Gasteiger partial charge < -0.3 is 9.64 Å². The van der Waals surface area contributed by atoms with Crippen LogP contribution in [0.3, 0.4) is 0 Å². The summed E-state index contributed by atoms with van der Waals surface area (Å²) < 4.78 is 5.32. The molecular formula is C13H20N2O2. The van der Waals surface area contributed by atoms with Gasteiger partial charge in [0.25, 0.3) is 0 Å². The third kappa shape index (κ3) is 3.88. The summed E-state index contributed by atoms with van der Waals surface area (Å²) in [4.78, 5) is 15.7. The van der Waals surface area contributed by atoms with E-state index in [4.69, 9.17) is 11.2 Å². The van der Waals surface area contributed by atoms with Crippen LogP contribution in [0.4, 0.5) is 0 Å². The molecule has 1 fully saturated rings. The molecule has 0 spiro atoms. The van der Waals surface area contributed by atoms with Crippen molar-refractivity contribution in [2.45, 2.75) is 19.1 Å². The van der Waals surface area contributed by atoms with Crippen molar-refractivity contribution in [1.29, 1.82) is 0 Å². The maximum atomic E-state index is 12.0. The highest BCUT2D eigenvalue weighted by molar-refractivity contribution is 5.78. The van der Waals surface area contributed by atoms with Crippen molar-refractivity contribution in [3.8, 4) is 12.3 Å². The van der Waals surface area contributed by atoms with Crippen LogP contribution in [0.15, 0.2) is 12.7 Å². The molecule has 0 radical (unpaired) electrons. The lowest BCUT2D eigenvalue weighted by atomic mass is 10.2. The van der Waals surface area contributed by atoms with Gasteiger partial charge in [-0.1, -0.05) is 12.0 Å². The van der Waals surface area contributed by atoms with Gasteiger partial charge in [-0.15, -0.1) is 13.0 Å². The number of amides is 1. The first-order valence-electron chi connectivity index (χ1n) is 5.76. The van der Waals surface area contributed by atoms with Crippen LogP contribution in [0, 0.1) is 12.3 Å². The fourth-order valence-electron chi connectivity index (χ4n) is 1.61. The number of carbonyl (C=O) groups is 1. The van der Waals surface area contributed by atoms with Crippen molar-refractivity contribution in [1.82, 2.24) is 9.80 Å². The molecule has 1 aliphatic heterocycles. The fraction of sp³-hybridized carbons (Fsp3) is 0.615. The highest BCUT2D eigenvalue weighted by Gasteiger charge is 2.23. The van der Waals surface area contributed by atoms with Crippen molar-refractivity contribution in [2.75, 3.05) is 33.3 Å². The van der Waals surface area contributed by atoms with Crippen LogP contribution in [-0.2, 0) is 9.53 Å². The molecule has 94 valence electrons. The summed E-state index contributed by atoms with van der Waals surface area (Å²) in [7, 11) is 1.91. The average molecular weight is 236 g/mol. The molecule has 0 aromatic carbocycles. The Balaban J connectivity index is 2.47. The van der Waals surface area contributed by atoms with Crippen LogP contribution in [0.1, 0.15) is 6.92 Å². The number of nitrogens with zero attached hydrogens (tertiary/aromatic N) is 2. The number of hydrogen-bond acceptors (Lipinski definition) is 3. The van der Waals surface area contributed by atoms with Crippen LogP contribution in [0.5, 0.6) is 0 Å². The first-order chi connectivity index (χ1) is 8.08. The Labute approximate surface area is 103 Å². The number of likely N-dealkylation sites (N-methyl/N-ethyl adjacent to an activating group) is 1. The largest absolute Gasteiger partial charge is 0.362 e. The van der Waals surface area contributed by atoms with E-state index in [0.717, 1.165) is 0 Å². The van der Waals surface area contributed by atoms with E-state index in [2.05, 4.69) is 12.5 Å². The molecule has 0 aliphatic carbocycles. The van der Waals surface area contributed by atoms with Crippen LogP contribution in [0.25, 0.3) is 0 Å². The van der Waals surface area contributed by atoms with E-state index < -0.39 is 0 Å². The van der Waals surface area contributed by atoms with Gasteiger partial charge in [-0.2, -0.15) is 0 Å². The molecule has 2 atom stereocenters. The number of morpholine rings is 1. The number of terminal acetylenes is 1. The molecule has 0 aromatic heterocycles. The molecule has 1 saturated heterocycles. The van der Waals surface area contributed by atoms with Crippen molar-refractivity contribution in [3.05, 3.63) is 12.7 Å². The maximum absolute atomic E-state index is 12.0. The molecule has 1 heterocycles. The molecule has 0 saturated carbocycles. The van der Waals surface area contributed by atoms with E-state index in [1.54, 1.807) is 4.90 Å². The molecule has 1 aliphatic rings. The summed E-state index contributed by atoms with van der Waals surface area (Å²) in [6.07, 6.45) is 6.85. The lowest BCUT2D eigenvalue weighted by Gasteiger charge is -2.32. The fourth-order valence-corrected chi connectivity index (χ4v) is 1.61. The van der Waals surface area contributed by atoms with Crippen LogP contribution in [-0.4, -0.2) is 61.1 Å². The standard InChI is InChI=1S/C13H20N2O2/c1-5-11(3)14(4)10-13(16)15-7-8-17-12(6-2)9-15/h2,5,11-12H,1,7-10H2,3-4H3/t11?,12-/m1/s1. The topological polar surface area (TPSA) is 32.8 Å². The normalized spacial score (nSPS) is 22.0. The zero-order chi connectivity index (χ0) is 12.8. The van der Waals surface area contributed by atoms with E-state index >= 15 is 0 Å². The third-order valence-corrected chi connectivity index (χ3v) is 3.03. The second-order valence-electron chi connectivity index (χ2n) is 4.26. The average Bonchev–Trinajstić information content (AvgIpc) is 2.37. The van der Waals surface area contributed by atoms with Gasteiger partial charge in [0.2, 0.25) is 5.91 Å². The Hall–Kier alpha value is -1.31. The third-order valence-electron chi connectivity index (χ3n) is 3.03. The van der Waals surface area contributed by atoms with E-state index in [1.807, 2.05) is 24.9 Å². The summed E-state index contributed by atoms with van der Waals surface area (Å²) in [5.74, 6) is 2.62. The predicted octanol–water partition coefficient (Wildman–Crippen LogP) is 0.353. The number of rotatable bonds is 4. The van der Waals surface area contributed by atoms with Crippen LogP contribution < -0.4 is 0 Å². The highest BCUT2D eigenvalue weighted by atomic mass is 16.5. The molecule has 4 nitrogen and oxygen atoms in total. The lowest BCUT2D eigenvalue weighted by Crippen LogP contribution is -2.49. The van der Waals surface area contributed by atoms with Gasteiger partial charge in [-0.25, -0.2) is 0 Å². The monoisotopic (exact) mass is 236 g/mol. The minimum absolute atomic E-state index is 0.0877. The molecular weight excluding hydrogens is 216 g/mol. The van der Waals surface area contributed by atoms with E-state index in [-0.39, 0.29) is 18.1 Å². The summed E-state index contributed by atoms with van der Waals surface area (Å²) in [5, 5.41) is 0. The number of ether oxygens (including phenoxy) is 1. The number of carbonyl (C=O) groups excluding carboxylic acids is 1. The van der Waals surface area contributed by atoms with Gasteiger partial charge in [0.15, 0.2) is 0 Å². The first-order valence-corrected chi connectivity index (χ1v) is 5.76. The van der Waals surface area contributed by atoms with E-state index in [0.29, 0.717) is 26.2 Å². The van der Waals surface area contributed by atoms with Gasteiger partial charge in [0.1, 0.15) is 6.10 Å².